The number of nitrogens with zero attached hydrogens (tertiary/aromatic N) is 1. The van der Waals surface area contributed by atoms with Crippen LogP contribution in [0.25, 0.3) is 0 Å². The molecule has 0 spiro atoms. The van der Waals surface area contributed by atoms with Gasteiger partial charge in [-0.3, -0.25) is 13.8 Å². The van der Waals surface area contributed by atoms with Crippen LogP contribution in [-0.4, -0.2) is 35.5 Å². The molecule has 0 radical (unpaired) electrons. The number of halogens is 2. The largest absolute Gasteiger partial charge is 0.325 e. The lowest BCUT2D eigenvalue weighted by atomic mass is 10.1. The molecule has 1 amide bonds. The molecule has 8 nitrogen and oxygen atoms in total. The molecule has 12 heteroatoms. The van der Waals surface area contributed by atoms with Gasteiger partial charge >= 0.3 is 0 Å². The number of hydrogen-bond donors (Lipinski definition) is 2. The molecule has 0 aliphatic carbocycles. The topological polar surface area (TPSA) is 113 Å². The Labute approximate surface area is 215 Å². The summed E-state index contributed by atoms with van der Waals surface area (Å²) in [6.45, 7) is 3.20. The number of anilines is 3. The molecule has 186 valence electrons. The number of benzene rings is 3. The third-order valence-corrected chi connectivity index (χ3v) is 8.21. The van der Waals surface area contributed by atoms with Crippen LogP contribution in [0.15, 0.2) is 65.6 Å². The van der Waals surface area contributed by atoms with E-state index in [1.165, 1.54) is 42.5 Å². The maximum Gasteiger partial charge on any atom is 0.261 e. The highest BCUT2D eigenvalue weighted by atomic mass is 35.5. The van der Waals surface area contributed by atoms with Gasteiger partial charge in [-0.2, -0.15) is 0 Å². The Bertz CT molecular complexity index is 1480. The Morgan fingerprint density at radius 3 is 2.11 bits per heavy atom. The summed E-state index contributed by atoms with van der Waals surface area (Å²) in [5, 5.41) is 2.95. The monoisotopic (exact) mass is 555 g/mol. The van der Waals surface area contributed by atoms with E-state index in [1.54, 1.807) is 19.1 Å². The first kappa shape index (κ1) is 26.8. The summed E-state index contributed by atoms with van der Waals surface area (Å²) in [7, 11) is -7.66. The fraction of sp³-hybridized carbons (Fsp3) is 0.174. The lowest BCUT2D eigenvalue weighted by Gasteiger charge is -2.22. The standard InChI is InChI=1S/C23H23Cl2N3O5S2/c1-15-4-11-22(16(2)12-15)27-35(32,33)19-8-5-17(6-9-19)26-23(29)14-28(34(3,30)31)18-7-10-20(24)21(25)13-18/h4-13,27H,14H2,1-3H3,(H,26,29). The lowest BCUT2D eigenvalue weighted by Crippen LogP contribution is -2.37. The van der Waals surface area contributed by atoms with Crippen molar-refractivity contribution >= 4 is 66.2 Å². The minimum atomic E-state index is -3.85. The van der Waals surface area contributed by atoms with E-state index < -0.39 is 32.5 Å². The van der Waals surface area contributed by atoms with Crippen LogP contribution in [0.5, 0.6) is 0 Å². The molecule has 3 rings (SSSR count). The average Bonchev–Trinajstić information content (AvgIpc) is 2.76. The van der Waals surface area contributed by atoms with Gasteiger partial charge < -0.3 is 5.32 Å². The molecule has 0 saturated heterocycles. The van der Waals surface area contributed by atoms with Gasteiger partial charge in [-0.05, 0) is 67.9 Å². The van der Waals surface area contributed by atoms with Crippen LogP contribution in [0.2, 0.25) is 10.0 Å². The Morgan fingerprint density at radius 2 is 1.54 bits per heavy atom. The molecule has 3 aromatic carbocycles. The van der Waals surface area contributed by atoms with Crippen molar-refractivity contribution in [3.8, 4) is 0 Å². The normalized spacial score (nSPS) is 11.7. The maximum atomic E-state index is 12.7. The zero-order chi connectivity index (χ0) is 26.0. The van der Waals surface area contributed by atoms with Crippen molar-refractivity contribution in [3.05, 3.63) is 81.8 Å². The van der Waals surface area contributed by atoms with Gasteiger partial charge in [0.2, 0.25) is 15.9 Å². The summed E-state index contributed by atoms with van der Waals surface area (Å²) in [5.74, 6) is -0.634. The Balaban J connectivity index is 1.73. The second-order valence-electron chi connectivity index (χ2n) is 7.86. The fourth-order valence-electron chi connectivity index (χ4n) is 3.22. The quantitative estimate of drug-likeness (QED) is 0.413. The van der Waals surface area contributed by atoms with Gasteiger partial charge in [0.05, 0.1) is 32.6 Å². The highest BCUT2D eigenvalue weighted by Crippen LogP contribution is 2.28. The molecule has 0 bridgehead atoms. The van der Waals surface area contributed by atoms with Crippen LogP contribution < -0.4 is 14.3 Å². The molecule has 3 aromatic rings. The van der Waals surface area contributed by atoms with Crippen LogP contribution >= 0.6 is 23.2 Å². The molecule has 0 atom stereocenters. The number of rotatable bonds is 8. The van der Waals surface area contributed by atoms with E-state index in [0.717, 1.165) is 21.7 Å². The summed E-state index contributed by atoms with van der Waals surface area (Å²) in [6, 6.07) is 15.1. The van der Waals surface area contributed by atoms with E-state index in [0.29, 0.717) is 11.4 Å². The molecule has 0 aliphatic rings. The van der Waals surface area contributed by atoms with Gasteiger partial charge in [-0.1, -0.05) is 40.9 Å². The second kappa shape index (κ2) is 10.4. The van der Waals surface area contributed by atoms with Crippen LogP contribution in [0.4, 0.5) is 17.1 Å². The van der Waals surface area contributed by atoms with E-state index in [4.69, 9.17) is 23.2 Å². The van der Waals surface area contributed by atoms with E-state index in [2.05, 4.69) is 10.0 Å². The Morgan fingerprint density at radius 1 is 0.886 bits per heavy atom. The number of hydrogen-bond acceptors (Lipinski definition) is 5. The molecule has 2 N–H and O–H groups in total. The maximum absolute atomic E-state index is 12.7. The van der Waals surface area contributed by atoms with Crippen LogP contribution in [0, 0.1) is 13.8 Å². The first-order valence-corrected chi connectivity index (χ1v) is 14.3. The SMILES string of the molecule is Cc1ccc(NS(=O)(=O)c2ccc(NC(=O)CN(c3ccc(Cl)c(Cl)c3)S(C)(=O)=O)cc2)c(C)c1. The lowest BCUT2D eigenvalue weighted by molar-refractivity contribution is -0.114. The van der Waals surface area contributed by atoms with Gasteiger partial charge in [0, 0.05) is 5.69 Å². The number of sulfonamides is 2. The van der Waals surface area contributed by atoms with Gasteiger partial charge in [0.15, 0.2) is 0 Å². The number of amides is 1. The summed E-state index contributed by atoms with van der Waals surface area (Å²) >= 11 is 11.9. The number of aryl methyl sites for hydroxylation is 2. The van der Waals surface area contributed by atoms with Crippen molar-refractivity contribution in [2.75, 3.05) is 27.1 Å². The van der Waals surface area contributed by atoms with Crippen molar-refractivity contribution < 1.29 is 21.6 Å². The minimum absolute atomic E-state index is 0.00374. The molecule has 0 heterocycles. The van der Waals surface area contributed by atoms with Gasteiger partial charge in [-0.15, -0.1) is 0 Å². The molecule has 0 aromatic heterocycles. The third kappa shape index (κ3) is 6.88. The number of nitrogens with one attached hydrogen (secondary N) is 2. The highest BCUT2D eigenvalue weighted by Gasteiger charge is 2.22. The minimum Gasteiger partial charge on any atom is -0.325 e. The third-order valence-electron chi connectivity index (χ3n) is 4.95. The van der Waals surface area contributed by atoms with E-state index in [1.807, 2.05) is 13.0 Å². The zero-order valence-electron chi connectivity index (χ0n) is 19.0. The molecular weight excluding hydrogens is 533 g/mol. The first-order valence-electron chi connectivity index (χ1n) is 10.2. The molecule has 0 unspecified atom stereocenters. The smallest absolute Gasteiger partial charge is 0.261 e. The van der Waals surface area contributed by atoms with E-state index in [-0.39, 0.29) is 20.6 Å². The van der Waals surface area contributed by atoms with Crippen molar-refractivity contribution in [1.29, 1.82) is 0 Å². The number of carbonyl (C=O) groups is 1. The predicted octanol–water partition coefficient (Wildman–Crippen LogP) is 4.82. The average molecular weight is 556 g/mol. The summed E-state index contributed by atoms with van der Waals surface area (Å²) in [6.07, 6.45) is 0.964. The Kier molecular flexibility index (Phi) is 8.00. The first-order chi connectivity index (χ1) is 16.3. The van der Waals surface area contributed by atoms with Crippen LogP contribution in [-0.2, 0) is 24.8 Å². The van der Waals surface area contributed by atoms with Crippen molar-refractivity contribution in [2.24, 2.45) is 0 Å². The highest BCUT2D eigenvalue weighted by molar-refractivity contribution is 7.92. The van der Waals surface area contributed by atoms with Gasteiger partial charge in [-0.25, -0.2) is 16.8 Å². The number of carbonyl (C=O) groups excluding carboxylic acids is 1. The summed E-state index contributed by atoms with van der Waals surface area (Å²) < 4.78 is 53.4. The molecular formula is C23H23Cl2N3O5S2. The van der Waals surface area contributed by atoms with Crippen molar-refractivity contribution in [2.45, 2.75) is 18.7 Å². The van der Waals surface area contributed by atoms with Crippen LogP contribution in [0.3, 0.4) is 0 Å². The van der Waals surface area contributed by atoms with Gasteiger partial charge in [0.25, 0.3) is 10.0 Å². The predicted molar refractivity (Wildman–Crippen MR) is 140 cm³/mol. The van der Waals surface area contributed by atoms with Gasteiger partial charge in [0.1, 0.15) is 6.54 Å². The summed E-state index contributed by atoms with van der Waals surface area (Å²) in [4.78, 5) is 12.6. The van der Waals surface area contributed by atoms with Crippen molar-refractivity contribution in [3.63, 3.8) is 0 Å². The van der Waals surface area contributed by atoms with Crippen LogP contribution in [0.1, 0.15) is 11.1 Å². The molecule has 0 saturated carbocycles. The van der Waals surface area contributed by atoms with E-state index in [9.17, 15) is 21.6 Å². The molecule has 0 aliphatic heterocycles. The molecule has 0 fully saturated rings. The fourth-order valence-corrected chi connectivity index (χ4v) is 5.49. The van der Waals surface area contributed by atoms with E-state index >= 15 is 0 Å². The second-order valence-corrected chi connectivity index (χ2v) is 12.3. The Hall–Kier alpha value is -2.79. The molecule has 35 heavy (non-hydrogen) atoms. The zero-order valence-corrected chi connectivity index (χ0v) is 22.2. The summed E-state index contributed by atoms with van der Waals surface area (Å²) in [5.41, 5.74) is 2.74. The van der Waals surface area contributed by atoms with Crippen molar-refractivity contribution in [1.82, 2.24) is 0 Å².